The molecule has 0 aliphatic rings. The summed E-state index contributed by atoms with van der Waals surface area (Å²) in [5, 5.41) is 3.04. The van der Waals surface area contributed by atoms with Crippen molar-refractivity contribution in [3.8, 4) is 11.5 Å². The van der Waals surface area contributed by atoms with Crippen molar-refractivity contribution in [2.45, 2.75) is 53.2 Å². The van der Waals surface area contributed by atoms with Gasteiger partial charge >= 0.3 is 0 Å². The number of amides is 1. The first-order valence-electron chi connectivity index (χ1n) is 9.29. The minimum Gasteiger partial charge on any atom is -0.493 e. The monoisotopic (exact) mass is 355 g/mol. The molecule has 4 nitrogen and oxygen atoms in total. The number of aryl methyl sites for hydroxylation is 1. The van der Waals surface area contributed by atoms with Crippen LogP contribution in [0.3, 0.4) is 0 Å². The standard InChI is InChI=1S/C22H29NO3/c1-5-7-17(4)23-22(24)18-10-13-21(25-6-2)19(14-18)15-26-20-11-8-16(3)9-12-20/h8-14,17H,5-7,15H2,1-4H3,(H,23,24)/t17-/m1/s1. The highest BCUT2D eigenvalue weighted by atomic mass is 16.5. The first-order valence-corrected chi connectivity index (χ1v) is 9.29. The van der Waals surface area contributed by atoms with Crippen molar-refractivity contribution in [2.75, 3.05) is 6.61 Å². The quantitative estimate of drug-likeness (QED) is 0.696. The second-order valence-electron chi connectivity index (χ2n) is 6.52. The molecule has 2 aromatic carbocycles. The number of rotatable bonds is 9. The zero-order valence-corrected chi connectivity index (χ0v) is 16.2. The molecule has 26 heavy (non-hydrogen) atoms. The van der Waals surface area contributed by atoms with Crippen LogP contribution in [0.5, 0.6) is 11.5 Å². The summed E-state index contributed by atoms with van der Waals surface area (Å²) >= 11 is 0. The first-order chi connectivity index (χ1) is 12.5. The molecule has 0 fully saturated rings. The number of hydrogen-bond acceptors (Lipinski definition) is 3. The Morgan fingerprint density at radius 3 is 2.46 bits per heavy atom. The maximum absolute atomic E-state index is 12.5. The van der Waals surface area contributed by atoms with Crippen molar-refractivity contribution in [3.63, 3.8) is 0 Å². The topological polar surface area (TPSA) is 47.6 Å². The molecule has 4 heteroatoms. The molecular formula is C22H29NO3. The summed E-state index contributed by atoms with van der Waals surface area (Å²) in [5.41, 5.74) is 2.68. The van der Waals surface area contributed by atoms with Crippen molar-refractivity contribution in [1.82, 2.24) is 5.32 Å². The second-order valence-corrected chi connectivity index (χ2v) is 6.52. The van der Waals surface area contributed by atoms with Gasteiger partial charge in [0, 0.05) is 17.2 Å². The molecule has 0 bridgehead atoms. The van der Waals surface area contributed by atoms with E-state index in [1.165, 1.54) is 5.56 Å². The predicted molar refractivity (Wildman–Crippen MR) is 105 cm³/mol. The van der Waals surface area contributed by atoms with Gasteiger partial charge in [-0.15, -0.1) is 0 Å². The van der Waals surface area contributed by atoms with Crippen LogP contribution in [0.4, 0.5) is 0 Å². The van der Waals surface area contributed by atoms with Gasteiger partial charge in [0.1, 0.15) is 18.1 Å². The van der Waals surface area contributed by atoms with Crippen LogP contribution in [-0.2, 0) is 6.61 Å². The number of ether oxygens (including phenoxy) is 2. The van der Waals surface area contributed by atoms with Crippen LogP contribution in [-0.4, -0.2) is 18.6 Å². The van der Waals surface area contributed by atoms with Crippen LogP contribution in [0.2, 0.25) is 0 Å². The summed E-state index contributed by atoms with van der Waals surface area (Å²) in [6.07, 6.45) is 2.01. The molecule has 2 rings (SSSR count). The largest absolute Gasteiger partial charge is 0.493 e. The fourth-order valence-electron chi connectivity index (χ4n) is 2.74. The minimum atomic E-state index is -0.0643. The molecular weight excluding hydrogens is 326 g/mol. The van der Waals surface area contributed by atoms with E-state index in [1.807, 2.05) is 57.2 Å². The molecule has 0 radical (unpaired) electrons. The molecule has 0 aliphatic carbocycles. The van der Waals surface area contributed by atoms with Gasteiger partial charge in [-0.3, -0.25) is 4.79 Å². The minimum absolute atomic E-state index is 0.0643. The Labute approximate surface area is 156 Å². The molecule has 2 aromatic rings. The predicted octanol–water partition coefficient (Wildman–Crippen LogP) is 4.89. The summed E-state index contributed by atoms with van der Waals surface area (Å²) in [5.74, 6) is 1.48. The van der Waals surface area contributed by atoms with E-state index in [1.54, 1.807) is 6.07 Å². The van der Waals surface area contributed by atoms with E-state index in [4.69, 9.17) is 9.47 Å². The third-order valence-corrected chi connectivity index (χ3v) is 4.14. The molecule has 1 atom stereocenters. The molecule has 0 aliphatic heterocycles. The summed E-state index contributed by atoms with van der Waals surface area (Å²) in [7, 11) is 0. The fourth-order valence-corrected chi connectivity index (χ4v) is 2.74. The highest BCUT2D eigenvalue weighted by molar-refractivity contribution is 5.94. The molecule has 0 saturated carbocycles. The Morgan fingerprint density at radius 2 is 1.81 bits per heavy atom. The van der Waals surface area contributed by atoms with Crippen molar-refractivity contribution < 1.29 is 14.3 Å². The molecule has 0 heterocycles. The van der Waals surface area contributed by atoms with Gasteiger partial charge in [-0.05, 0) is 57.5 Å². The van der Waals surface area contributed by atoms with Gasteiger partial charge in [0.15, 0.2) is 0 Å². The average Bonchev–Trinajstić information content (AvgIpc) is 2.62. The Kier molecular flexibility index (Phi) is 7.52. The fraction of sp³-hybridized carbons (Fsp3) is 0.409. The number of hydrogen-bond donors (Lipinski definition) is 1. The number of carbonyl (C=O) groups is 1. The second kappa shape index (κ2) is 9.85. The lowest BCUT2D eigenvalue weighted by atomic mass is 10.1. The van der Waals surface area contributed by atoms with E-state index in [2.05, 4.69) is 12.2 Å². The van der Waals surface area contributed by atoms with Gasteiger partial charge in [-0.2, -0.15) is 0 Å². The number of carbonyl (C=O) groups excluding carboxylic acids is 1. The zero-order chi connectivity index (χ0) is 18.9. The Balaban J connectivity index is 2.13. The van der Waals surface area contributed by atoms with Gasteiger partial charge in [-0.1, -0.05) is 31.0 Å². The van der Waals surface area contributed by atoms with E-state index in [0.29, 0.717) is 18.8 Å². The molecule has 0 unspecified atom stereocenters. The van der Waals surface area contributed by atoms with Gasteiger partial charge in [0.25, 0.3) is 5.91 Å². The summed E-state index contributed by atoms with van der Waals surface area (Å²) < 4.78 is 11.6. The van der Waals surface area contributed by atoms with E-state index < -0.39 is 0 Å². The molecule has 1 N–H and O–H groups in total. The van der Waals surface area contributed by atoms with Crippen LogP contribution in [0.15, 0.2) is 42.5 Å². The van der Waals surface area contributed by atoms with E-state index >= 15 is 0 Å². The van der Waals surface area contributed by atoms with Crippen LogP contribution in [0.1, 0.15) is 55.1 Å². The Morgan fingerprint density at radius 1 is 1.08 bits per heavy atom. The average molecular weight is 355 g/mol. The third-order valence-electron chi connectivity index (χ3n) is 4.14. The van der Waals surface area contributed by atoms with Crippen LogP contribution in [0, 0.1) is 6.92 Å². The van der Waals surface area contributed by atoms with Crippen molar-refractivity contribution in [1.29, 1.82) is 0 Å². The van der Waals surface area contributed by atoms with Crippen LogP contribution in [0.25, 0.3) is 0 Å². The molecule has 0 saturated heterocycles. The molecule has 0 spiro atoms. The highest BCUT2D eigenvalue weighted by Crippen LogP contribution is 2.23. The molecule has 140 valence electrons. The lowest BCUT2D eigenvalue weighted by Gasteiger charge is -2.15. The van der Waals surface area contributed by atoms with E-state index in [-0.39, 0.29) is 11.9 Å². The van der Waals surface area contributed by atoms with Gasteiger partial charge < -0.3 is 14.8 Å². The highest BCUT2D eigenvalue weighted by Gasteiger charge is 2.13. The van der Waals surface area contributed by atoms with Crippen molar-refractivity contribution in [2.24, 2.45) is 0 Å². The van der Waals surface area contributed by atoms with Gasteiger partial charge in [-0.25, -0.2) is 0 Å². The van der Waals surface area contributed by atoms with Crippen LogP contribution >= 0.6 is 0 Å². The summed E-state index contributed by atoms with van der Waals surface area (Å²) in [6.45, 7) is 9.04. The molecule has 1 amide bonds. The lowest BCUT2D eigenvalue weighted by Crippen LogP contribution is -2.32. The third kappa shape index (κ3) is 5.80. The lowest BCUT2D eigenvalue weighted by molar-refractivity contribution is 0.0938. The Bertz CT molecular complexity index is 710. The number of nitrogens with one attached hydrogen (secondary N) is 1. The van der Waals surface area contributed by atoms with Crippen molar-refractivity contribution in [3.05, 3.63) is 59.2 Å². The SMILES string of the molecule is CCC[C@@H](C)NC(=O)c1ccc(OCC)c(COc2ccc(C)cc2)c1. The van der Waals surface area contributed by atoms with Crippen molar-refractivity contribution >= 4 is 5.91 Å². The summed E-state index contributed by atoms with van der Waals surface area (Å²) in [4.78, 5) is 12.5. The van der Waals surface area contributed by atoms with Gasteiger partial charge in [0.05, 0.1) is 6.61 Å². The Hall–Kier alpha value is -2.49. The zero-order valence-electron chi connectivity index (χ0n) is 16.2. The maximum Gasteiger partial charge on any atom is 0.251 e. The van der Waals surface area contributed by atoms with Gasteiger partial charge in [0.2, 0.25) is 0 Å². The van der Waals surface area contributed by atoms with E-state index in [0.717, 1.165) is 29.9 Å². The summed E-state index contributed by atoms with van der Waals surface area (Å²) in [6, 6.07) is 13.6. The van der Waals surface area contributed by atoms with Crippen LogP contribution < -0.4 is 14.8 Å². The first kappa shape index (κ1) is 19.8. The number of benzene rings is 2. The van der Waals surface area contributed by atoms with E-state index in [9.17, 15) is 4.79 Å². The maximum atomic E-state index is 12.5. The normalized spacial score (nSPS) is 11.7. The molecule has 0 aromatic heterocycles. The smallest absolute Gasteiger partial charge is 0.251 e.